The van der Waals surface area contributed by atoms with E-state index in [2.05, 4.69) is 0 Å². The first-order chi connectivity index (χ1) is 3.41. The van der Waals surface area contributed by atoms with Gasteiger partial charge >= 0.3 is 35.3 Å². The van der Waals surface area contributed by atoms with Crippen LogP contribution in [0.3, 0.4) is 0 Å². The van der Waals surface area contributed by atoms with Crippen LogP contribution in [0.4, 0.5) is 0 Å². The summed E-state index contributed by atoms with van der Waals surface area (Å²) in [6.07, 6.45) is 0. The Kier molecular flexibility index (Phi) is 180. The molecular formula is C2H4Cl2O2Pt. The van der Waals surface area contributed by atoms with E-state index in [-0.39, 0.29) is 0 Å². The van der Waals surface area contributed by atoms with Crippen molar-refractivity contribution in [2.45, 2.75) is 0 Å². The minimum atomic E-state index is -0.472. The third kappa shape index (κ3) is 379. The molecule has 0 aliphatic carbocycles. The van der Waals surface area contributed by atoms with Crippen LogP contribution in [0.5, 0.6) is 0 Å². The van der Waals surface area contributed by atoms with Gasteiger partial charge in [-0.25, -0.2) is 0 Å². The van der Waals surface area contributed by atoms with Crippen LogP contribution in [-0.4, -0.2) is 13.6 Å². The molecule has 0 saturated carbocycles. The predicted molar refractivity (Wildman–Crippen MR) is 25.9 cm³/mol. The molecule has 0 heterocycles. The quantitative estimate of drug-likeness (QED) is 0.666. The third-order valence-electron chi connectivity index (χ3n) is 0. The van der Waals surface area contributed by atoms with Crippen LogP contribution in [0.25, 0.3) is 0 Å². The van der Waals surface area contributed by atoms with Crippen molar-refractivity contribution in [1.82, 2.24) is 0 Å². The van der Waals surface area contributed by atoms with Crippen molar-refractivity contribution < 1.29 is 26.1 Å². The second-order valence-corrected chi connectivity index (χ2v) is 3.33. The van der Waals surface area contributed by atoms with Crippen LogP contribution >= 0.6 is 18.8 Å². The summed E-state index contributed by atoms with van der Waals surface area (Å²) in [6, 6.07) is 0. The first kappa shape index (κ1) is 15.6. The molecule has 0 unspecified atom stereocenters. The maximum absolute atomic E-state index is 8.00. The van der Waals surface area contributed by atoms with Crippen molar-refractivity contribution in [3.05, 3.63) is 0 Å². The molecule has 0 saturated heterocycles. The van der Waals surface area contributed by atoms with Gasteiger partial charge in [-0.3, -0.25) is 0 Å². The first-order valence-electron chi connectivity index (χ1n) is 0.816. The van der Waals surface area contributed by atoms with Crippen molar-refractivity contribution in [1.29, 1.82) is 0 Å². The Morgan fingerprint density at radius 1 is 1.00 bits per heavy atom. The van der Waals surface area contributed by atoms with Crippen LogP contribution in [-0.2, 0) is 26.1 Å². The molecule has 5 heteroatoms. The molecule has 0 aromatic carbocycles. The normalized spacial score (nSPS) is 4.29. The number of halogens is 2. The van der Waals surface area contributed by atoms with Crippen LogP contribution < -0.4 is 0 Å². The SMILES string of the molecule is C=O.C=O.[Cl][Pt][Cl]. The zero-order valence-corrected chi connectivity index (χ0v) is 7.09. The summed E-state index contributed by atoms with van der Waals surface area (Å²) in [5.74, 6) is 0. The van der Waals surface area contributed by atoms with Gasteiger partial charge in [-0.1, -0.05) is 0 Å². The average molecular weight is 326 g/mol. The number of rotatable bonds is 0. The molecule has 0 rings (SSSR count). The molecule has 0 N–H and O–H groups in total. The molecule has 0 amide bonds. The van der Waals surface area contributed by atoms with E-state index in [1.54, 1.807) is 0 Å². The summed E-state index contributed by atoms with van der Waals surface area (Å²) in [5, 5.41) is 0. The number of hydrogen-bond acceptors (Lipinski definition) is 2. The van der Waals surface area contributed by atoms with E-state index in [1.807, 2.05) is 13.6 Å². The van der Waals surface area contributed by atoms with Gasteiger partial charge in [0, 0.05) is 0 Å². The van der Waals surface area contributed by atoms with Crippen molar-refractivity contribution in [3.8, 4) is 0 Å². The Hall–Kier alpha value is 0.608. The zero-order chi connectivity index (χ0) is 6.71. The predicted octanol–water partition coefficient (Wildman–Crippen LogP) is 1.01. The molecule has 0 aromatic rings. The van der Waals surface area contributed by atoms with Gasteiger partial charge in [-0.05, 0) is 0 Å². The van der Waals surface area contributed by atoms with E-state index in [0.717, 1.165) is 0 Å². The molecule has 0 atom stereocenters. The first-order valence-corrected chi connectivity index (χ1v) is 6.45. The van der Waals surface area contributed by atoms with Gasteiger partial charge in [0.25, 0.3) is 0 Å². The van der Waals surface area contributed by atoms with E-state index < -0.39 is 16.5 Å². The number of carbonyl (C=O) groups is 2. The van der Waals surface area contributed by atoms with Crippen LogP contribution in [0.1, 0.15) is 0 Å². The third-order valence-corrected chi connectivity index (χ3v) is 0. The second-order valence-electron chi connectivity index (χ2n) is 0.0452. The van der Waals surface area contributed by atoms with Crippen molar-refractivity contribution in [3.63, 3.8) is 0 Å². The molecule has 0 aromatic heterocycles. The van der Waals surface area contributed by atoms with Gasteiger partial charge in [0.1, 0.15) is 13.6 Å². The second kappa shape index (κ2) is 80.4. The van der Waals surface area contributed by atoms with Crippen LogP contribution in [0, 0.1) is 0 Å². The fourth-order valence-corrected chi connectivity index (χ4v) is 0. The average Bonchev–Trinajstić information content (AvgIpc) is 1.78. The molecule has 48 valence electrons. The molecule has 7 heavy (non-hydrogen) atoms. The molecule has 0 aliphatic rings. The van der Waals surface area contributed by atoms with Gasteiger partial charge in [-0.15, -0.1) is 0 Å². The molecule has 0 bridgehead atoms. The maximum atomic E-state index is 8.00. The van der Waals surface area contributed by atoms with Gasteiger partial charge in [0.2, 0.25) is 0 Å². The summed E-state index contributed by atoms with van der Waals surface area (Å²) in [5.41, 5.74) is 0. The Morgan fingerprint density at radius 3 is 1.00 bits per heavy atom. The number of hydrogen-bond donors (Lipinski definition) is 0. The summed E-state index contributed by atoms with van der Waals surface area (Å²) in [6.45, 7) is 4.00. The van der Waals surface area contributed by atoms with Crippen molar-refractivity contribution >= 4 is 32.4 Å². The van der Waals surface area contributed by atoms with Crippen molar-refractivity contribution in [2.75, 3.05) is 0 Å². The fourth-order valence-electron chi connectivity index (χ4n) is 0. The molecule has 0 radical (unpaired) electrons. The topological polar surface area (TPSA) is 34.1 Å². The van der Waals surface area contributed by atoms with Crippen molar-refractivity contribution in [2.24, 2.45) is 0 Å². The van der Waals surface area contributed by atoms with E-state index >= 15 is 0 Å². The van der Waals surface area contributed by atoms with Gasteiger partial charge in [0.05, 0.1) is 0 Å². The molecule has 2 nitrogen and oxygen atoms in total. The molecule has 0 aliphatic heterocycles. The van der Waals surface area contributed by atoms with Gasteiger partial charge in [0.15, 0.2) is 0 Å². The Bertz CT molecular complexity index is 21.2. The standard InChI is InChI=1S/2CH2O.2ClH.Pt/c2*1-2;;;/h2*1H2;2*1H;/q;;;;+2/p-2. The summed E-state index contributed by atoms with van der Waals surface area (Å²) < 4.78 is 0. The molecule has 0 spiro atoms. The van der Waals surface area contributed by atoms with E-state index in [1.165, 1.54) is 0 Å². The summed E-state index contributed by atoms with van der Waals surface area (Å²) in [4.78, 5) is 16.0. The monoisotopic (exact) mass is 325 g/mol. The summed E-state index contributed by atoms with van der Waals surface area (Å²) in [7, 11) is 9.75. The zero-order valence-electron chi connectivity index (χ0n) is 3.30. The van der Waals surface area contributed by atoms with Gasteiger partial charge < -0.3 is 9.59 Å². The Morgan fingerprint density at radius 2 is 1.00 bits per heavy atom. The Balaban J connectivity index is -0.0000000360. The van der Waals surface area contributed by atoms with Crippen LogP contribution in [0.2, 0.25) is 0 Å². The Labute approximate surface area is 58.6 Å². The van der Waals surface area contributed by atoms with E-state index in [4.69, 9.17) is 28.4 Å². The minimum absolute atomic E-state index is 0.472. The fraction of sp³-hybridized carbons (Fsp3) is 0. The van der Waals surface area contributed by atoms with E-state index in [9.17, 15) is 0 Å². The van der Waals surface area contributed by atoms with E-state index in [0.29, 0.717) is 0 Å². The molecular weight excluding hydrogens is 322 g/mol. The molecule has 0 fully saturated rings. The van der Waals surface area contributed by atoms with Gasteiger partial charge in [-0.2, -0.15) is 0 Å². The number of carbonyl (C=O) groups excluding carboxylic acids is 2. The van der Waals surface area contributed by atoms with Crippen LogP contribution in [0.15, 0.2) is 0 Å². The summed E-state index contributed by atoms with van der Waals surface area (Å²) >= 11 is -0.472.